The van der Waals surface area contributed by atoms with Gasteiger partial charge in [0.2, 0.25) is 0 Å². The van der Waals surface area contributed by atoms with Crippen molar-refractivity contribution in [3.8, 4) is 0 Å². The van der Waals surface area contributed by atoms with E-state index in [2.05, 4.69) is 11.6 Å². The van der Waals surface area contributed by atoms with Gasteiger partial charge in [0.25, 0.3) is 0 Å². The van der Waals surface area contributed by atoms with E-state index < -0.39 is 11.3 Å². The molecule has 0 aromatic heterocycles. The molecule has 0 bridgehead atoms. The van der Waals surface area contributed by atoms with Crippen LogP contribution < -0.4 is 4.72 Å². The molecule has 0 aliphatic heterocycles. The molecule has 1 aromatic carbocycles. The lowest BCUT2D eigenvalue weighted by Gasteiger charge is -2.05. The van der Waals surface area contributed by atoms with Crippen LogP contribution >= 0.6 is 0 Å². The van der Waals surface area contributed by atoms with E-state index in [0.29, 0.717) is 6.54 Å². The van der Waals surface area contributed by atoms with Gasteiger partial charge in [-0.2, -0.15) is 0 Å². The lowest BCUT2D eigenvalue weighted by atomic mass is 10.2. The molecule has 0 heterocycles. The third-order valence-corrected chi connectivity index (χ3v) is 2.36. The van der Waals surface area contributed by atoms with Crippen LogP contribution in [0.3, 0.4) is 0 Å². The van der Waals surface area contributed by atoms with Crippen molar-refractivity contribution in [1.29, 1.82) is 0 Å². The van der Waals surface area contributed by atoms with Crippen molar-refractivity contribution in [3.63, 3.8) is 0 Å². The van der Waals surface area contributed by atoms with Gasteiger partial charge in [-0.25, -0.2) is 4.72 Å². The third-order valence-electron chi connectivity index (χ3n) is 1.92. The van der Waals surface area contributed by atoms with Gasteiger partial charge in [0.15, 0.2) is 0 Å². The molecule has 1 unspecified atom stereocenters. The van der Waals surface area contributed by atoms with E-state index in [1.807, 2.05) is 36.4 Å². The Hall–Kier alpha value is -0.710. The molecule has 1 N–H and O–H groups in total. The number of hydrogen-bond donors (Lipinski definition) is 1. The zero-order valence-electron chi connectivity index (χ0n) is 9.72. The molecule has 4 heteroatoms. The summed E-state index contributed by atoms with van der Waals surface area (Å²) in [7, 11) is 0. The maximum absolute atomic E-state index is 9.92. The second-order valence-corrected chi connectivity index (χ2v) is 4.10. The average Bonchev–Trinajstić information content (AvgIpc) is 2.31. The normalized spacial score (nSPS) is 11.4. The minimum Gasteiger partial charge on any atom is -0.760 e. The van der Waals surface area contributed by atoms with Crippen LogP contribution in [0, 0.1) is 0 Å². The van der Waals surface area contributed by atoms with Gasteiger partial charge in [0, 0.05) is 17.8 Å². The SMILES string of the molecule is CCCCCCNS(=O)[O-].c1ccccc1. The quantitative estimate of drug-likeness (QED) is 0.616. The minimum absolute atomic E-state index is 0.579. The summed E-state index contributed by atoms with van der Waals surface area (Å²) in [5.41, 5.74) is 0. The Bertz CT molecular complexity index is 228. The van der Waals surface area contributed by atoms with Crippen molar-refractivity contribution < 1.29 is 8.76 Å². The molecule has 1 rings (SSSR count). The fraction of sp³-hybridized carbons (Fsp3) is 0.500. The predicted molar refractivity (Wildman–Crippen MR) is 67.5 cm³/mol. The van der Waals surface area contributed by atoms with Gasteiger partial charge in [-0.05, 0) is 6.42 Å². The minimum atomic E-state index is -2.07. The first-order valence-electron chi connectivity index (χ1n) is 5.60. The van der Waals surface area contributed by atoms with E-state index in [4.69, 9.17) is 0 Å². The molecule has 0 aliphatic carbocycles. The van der Waals surface area contributed by atoms with Crippen LogP contribution in [0.5, 0.6) is 0 Å². The van der Waals surface area contributed by atoms with Crippen molar-refractivity contribution in [1.82, 2.24) is 4.72 Å². The highest BCUT2D eigenvalue weighted by Crippen LogP contribution is 1.96. The largest absolute Gasteiger partial charge is 0.760 e. The first kappa shape index (κ1) is 15.3. The summed E-state index contributed by atoms with van der Waals surface area (Å²) in [6.45, 7) is 2.70. The zero-order chi connectivity index (χ0) is 12.1. The summed E-state index contributed by atoms with van der Waals surface area (Å²) in [6, 6.07) is 12.0. The maximum atomic E-state index is 9.92. The van der Waals surface area contributed by atoms with Crippen molar-refractivity contribution >= 4 is 11.3 Å². The average molecular weight is 242 g/mol. The molecule has 0 saturated carbocycles. The Morgan fingerprint density at radius 3 is 1.88 bits per heavy atom. The van der Waals surface area contributed by atoms with Crippen LogP contribution in [-0.2, 0) is 11.3 Å². The molecule has 0 amide bonds. The van der Waals surface area contributed by atoms with Crippen LogP contribution in [0.15, 0.2) is 36.4 Å². The molecule has 0 spiro atoms. The van der Waals surface area contributed by atoms with Gasteiger partial charge in [-0.3, -0.25) is 4.21 Å². The summed E-state index contributed by atoms with van der Waals surface area (Å²) in [4.78, 5) is 0. The zero-order valence-corrected chi connectivity index (χ0v) is 10.5. The Morgan fingerprint density at radius 2 is 1.50 bits per heavy atom. The highest BCUT2D eigenvalue weighted by molar-refractivity contribution is 7.77. The number of hydrogen-bond acceptors (Lipinski definition) is 2. The van der Waals surface area contributed by atoms with Crippen LogP contribution in [0.2, 0.25) is 0 Å². The van der Waals surface area contributed by atoms with Gasteiger partial charge in [0.05, 0.1) is 0 Å². The molecule has 3 nitrogen and oxygen atoms in total. The van der Waals surface area contributed by atoms with E-state index in [9.17, 15) is 8.76 Å². The van der Waals surface area contributed by atoms with Gasteiger partial charge in [-0.1, -0.05) is 62.6 Å². The Labute approximate surface area is 101 Å². The molecule has 0 saturated heterocycles. The lowest BCUT2D eigenvalue weighted by molar-refractivity contribution is 0.519. The number of unbranched alkanes of at least 4 members (excludes halogenated alkanes) is 3. The molecule has 0 aliphatic rings. The number of rotatable bonds is 6. The van der Waals surface area contributed by atoms with Gasteiger partial charge in [0.1, 0.15) is 0 Å². The van der Waals surface area contributed by atoms with E-state index >= 15 is 0 Å². The van der Waals surface area contributed by atoms with Gasteiger partial charge >= 0.3 is 0 Å². The van der Waals surface area contributed by atoms with E-state index in [-0.39, 0.29) is 0 Å². The second kappa shape index (κ2) is 12.4. The molecule has 0 fully saturated rings. The van der Waals surface area contributed by atoms with Crippen LogP contribution in [-0.4, -0.2) is 15.3 Å². The molecule has 1 aromatic rings. The van der Waals surface area contributed by atoms with Crippen LogP contribution in [0.1, 0.15) is 32.6 Å². The van der Waals surface area contributed by atoms with Crippen molar-refractivity contribution in [2.75, 3.05) is 6.54 Å². The second-order valence-electron chi connectivity index (χ2n) is 3.34. The molecular formula is C12H20NO2S-. The first-order valence-corrected chi connectivity index (χ1v) is 6.67. The van der Waals surface area contributed by atoms with E-state index in [1.54, 1.807) is 0 Å². The Kier molecular flexibility index (Phi) is 11.8. The summed E-state index contributed by atoms with van der Waals surface area (Å²) in [6.07, 6.45) is 4.43. The Balaban J connectivity index is 0.000000315. The molecule has 1 atom stereocenters. The van der Waals surface area contributed by atoms with Crippen LogP contribution in [0.25, 0.3) is 0 Å². The number of nitrogens with one attached hydrogen (secondary N) is 1. The van der Waals surface area contributed by atoms with Crippen LogP contribution in [0.4, 0.5) is 0 Å². The fourth-order valence-electron chi connectivity index (χ4n) is 1.09. The smallest absolute Gasteiger partial charge is 0.0181 e. The van der Waals surface area contributed by atoms with Gasteiger partial charge < -0.3 is 4.55 Å². The standard InChI is InChI=1S/C6H15NO2S.C6H6/c1-2-3-4-5-6-7-10(8)9;1-2-4-6-5-3-1/h7H,2-6H2,1H3,(H,8,9);1-6H/p-1. The maximum Gasteiger partial charge on any atom is 0.0181 e. The molecule has 0 radical (unpaired) electrons. The van der Waals surface area contributed by atoms with Crippen molar-refractivity contribution in [2.24, 2.45) is 0 Å². The van der Waals surface area contributed by atoms with E-state index in [1.165, 1.54) is 12.8 Å². The first-order chi connectivity index (χ1) is 7.77. The summed E-state index contributed by atoms with van der Waals surface area (Å²) in [5.74, 6) is 0. The predicted octanol–water partition coefficient (Wildman–Crippen LogP) is 2.64. The monoisotopic (exact) mass is 242 g/mol. The fourth-order valence-corrected chi connectivity index (χ4v) is 1.40. The highest BCUT2D eigenvalue weighted by Gasteiger charge is 1.86. The van der Waals surface area contributed by atoms with Crippen molar-refractivity contribution in [2.45, 2.75) is 32.6 Å². The molecule has 16 heavy (non-hydrogen) atoms. The topological polar surface area (TPSA) is 52.2 Å². The molecule has 92 valence electrons. The van der Waals surface area contributed by atoms with Crippen molar-refractivity contribution in [3.05, 3.63) is 36.4 Å². The molecular weight excluding hydrogens is 222 g/mol. The van der Waals surface area contributed by atoms with Gasteiger partial charge in [-0.15, -0.1) is 0 Å². The highest BCUT2D eigenvalue weighted by atomic mass is 32.2. The third kappa shape index (κ3) is 13.3. The summed E-state index contributed by atoms with van der Waals surface area (Å²) < 4.78 is 22.2. The Morgan fingerprint density at radius 1 is 1.00 bits per heavy atom. The summed E-state index contributed by atoms with van der Waals surface area (Å²) in [5, 5.41) is 0. The summed E-state index contributed by atoms with van der Waals surface area (Å²) >= 11 is -2.07. The number of benzene rings is 1. The lowest BCUT2D eigenvalue weighted by Crippen LogP contribution is -2.17. The van der Waals surface area contributed by atoms with E-state index in [0.717, 1.165) is 12.8 Å².